The minimum Gasteiger partial charge on any atom is -0.319 e. The Morgan fingerprint density at radius 2 is 2.14 bits per heavy atom. The van der Waals surface area contributed by atoms with Gasteiger partial charge in [0.15, 0.2) is 0 Å². The van der Waals surface area contributed by atoms with E-state index in [2.05, 4.69) is 12.2 Å². The van der Waals surface area contributed by atoms with Crippen molar-refractivity contribution in [3.63, 3.8) is 0 Å². The van der Waals surface area contributed by atoms with E-state index in [0.29, 0.717) is 5.92 Å². The summed E-state index contributed by atoms with van der Waals surface area (Å²) in [4.78, 5) is 0. The molecular weight excluding hydrogens is 177 g/mol. The minimum absolute atomic E-state index is 0.146. The largest absolute Gasteiger partial charge is 0.319 e. The molecule has 0 bridgehead atoms. The van der Waals surface area contributed by atoms with Crippen LogP contribution < -0.4 is 5.32 Å². The Kier molecular flexibility index (Phi) is 4.08. The molecule has 1 atom stereocenters. The number of aryl methyl sites for hydroxylation is 1. The van der Waals surface area contributed by atoms with E-state index in [1.807, 2.05) is 20.0 Å². The first-order valence-electron chi connectivity index (χ1n) is 5.03. The van der Waals surface area contributed by atoms with Crippen molar-refractivity contribution in [2.45, 2.75) is 20.3 Å². The molecule has 1 unspecified atom stereocenters. The molecular formula is C12H18FN. The van der Waals surface area contributed by atoms with E-state index in [1.54, 1.807) is 6.07 Å². The summed E-state index contributed by atoms with van der Waals surface area (Å²) in [7, 11) is 1.95. The third-order valence-electron chi connectivity index (χ3n) is 2.43. The summed E-state index contributed by atoms with van der Waals surface area (Å²) in [5, 5.41) is 3.14. The average Bonchev–Trinajstić information content (AvgIpc) is 2.10. The standard InChI is InChI=1S/C12H18FN/c1-9(8-14-3)6-11-4-5-12(13)7-10(11)2/h4-5,7,9,14H,6,8H2,1-3H3. The molecule has 0 aliphatic heterocycles. The third-order valence-corrected chi connectivity index (χ3v) is 2.43. The number of nitrogens with one attached hydrogen (secondary N) is 1. The molecule has 0 fully saturated rings. The topological polar surface area (TPSA) is 12.0 Å². The van der Waals surface area contributed by atoms with Crippen molar-refractivity contribution in [3.05, 3.63) is 35.1 Å². The lowest BCUT2D eigenvalue weighted by Crippen LogP contribution is -2.18. The van der Waals surface area contributed by atoms with E-state index in [-0.39, 0.29) is 5.82 Å². The lowest BCUT2D eigenvalue weighted by molar-refractivity contribution is 0.539. The maximum absolute atomic E-state index is 12.8. The van der Waals surface area contributed by atoms with Gasteiger partial charge >= 0.3 is 0 Å². The minimum atomic E-state index is -0.146. The fourth-order valence-corrected chi connectivity index (χ4v) is 1.68. The number of rotatable bonds is 4. The van der Waals surface area contributed by atoms with Gasteiger partial charge in [-0.15, -0.1) is 0 Å². The Bertz CT molecular complexity index is 296. The average molecular weight is 195 g/mol. The van der Waals surface area contributed by atoms with Gasteiger partial charge in [0.1, 0.15) is 5.82 Å². The molecule has 1 aromatic carbocycles. The predicted molar refractivity (Wildman–Crippen MR) is 57.9 cm³/mol. The molecule has 1 nitrogen and oxygen atoms in total. The third kappa shape index (κ3) is 3.11. The van der Waals surface area contributed by atoms with Crippen LogP contribution in [0.1, 0.15) is 18.1 Å². The van der Waals surface area contributed by atoms with Crippen molar-refractivity contribution in [3.8, 4) is 0 Å². The first kappa shape index (κ1) is 11.2. The zero-order chi connectivity index (χ0) is 10.6. The first-order chi connectivity index (χ1) is 6.63. The lowest BCUT2D eigenvalue weighted by atomic mass is 9.97. The molecule has 0 spiro atoms. The maximum Gasteiger partial charge on any atom is 0.123 e. The van der Waals surface area contributed by atoms with Crippen molar-refractivity contribution in [2.75, 3.05) is 13.6 Å². The second kappa shape index (κ2) is 5.11. The molecule has 2 heteroatoms. The van der Waals surface area contributed by atoms with Crippen LogP contribution in [0, 0.1) is 18.7 Å². The molecule has 0 aliphatic carbocycles. The van der Waals surface area contributed by atoms with Crippen LogP contribution in [0.2, 0.25) is 0 Å². The molecule has 1 N–H and O–H groups in total. The van der Waals surface area contributed by atoms with Gasteiger partial charge in [0.2, 0.25) is 0 Å². The van der Waals surface area contributed by atoms with Gasteiger partial charge < -0.3 is 5.32 Å². The van der Waals surface area contributed by atoms with Gasteiger partial charge in [-0.3, -0.25) is 0 Å². The molecule has 78 valence electrons. The summed E-state index contributed by atoms with van der Waals surface area (Å²) in [6.45, 7) is 5.15. The fraction of sp³-hybridized carbons (Fsp3) is 0.500. The number of benzene rings is 1. The molecule has 1 rings (SSSR count). The Balaban J connectivity index is 2.67. The van der Waals surface area contributed by atoms with Gasteiger partial charge in [0.25, 0.3) is 0 Å². The molecule has 1 aromatic rings. The highest BCUT2D eigenvalue weighted by molar-refractivity contribution is 5.26. The molecule has 14 heavy (non-hydrogen) atoms. The second-order valence-electron chi connectivity index (χ2n) is 3.94. The quantitative estimate of drug-likeness (QED) is 0.778. The van der Waals surface area contributed by atoms with Crippen molar-refractivity contribution in [1.82, 2.24) is 5.32 Å². The van der Waals surface area contributed by atoms with E-state index in [9.17, 15) is 4.39 Å². The maximum atomic E-state index is 12.8. The van der Waals surface area contributed by atoms with Gasteiger partial charge in [-0.05, 0) is 56.1 Å². The van der Waals surface area contributed by atoms with Crippen LogP contribution in [0.25, 0.3) is 0 Å². The Labute approximate surface area is 85.3 Å². The number of halogens is 1. The Morgan fingerprint density at radius 1 is 1.43 bits per heavy atom. The summed E-state index contributed by atoms with van der Waals surface area (Å²) in [6.07, 6.45) is 1.01. The fourth-order valence-electron chi connectivity index (χ4n) is 1.68. The van der Waals surface area contributed by atoms with E-state index in [0.717, 1.165) is 18.5 Å². The van der Waals surface area contributed by atoms with Crippen LogP contribution in [0.3, 0.4) is 0 Å². The van der Waals surface area contributed by atoms with Crippen LogP contribution in [0.15, 0.2) is 18.2 Å². The highest BCUT2D eigenvalue weighted by Crippen LogP contribution is 2.14. The Hall–Kier alpha value is -0.890. The monoisotopic (exact) mass is 195 g/mol. The van der Waals surface area contributed by atoms with Gasteiger partial charge in [-0.25, -0.2) is 4.39 Å². The van der Waals surface area contributed by atoms with Crippen LogP contribution in [-0.2, 0) is 6.42 Å². The smallest absolute Gasteiger partial charge is 0.123 e. The molecule has 0 heterocycles. The van der Waals surface area contributed by atoms with Crippen LogP contribution >= 0.6 is 0 Å². The van der Waals surface area contributed by atoms with Gasteiger partial charge in [-0.1, -0.05) is 13.0 Å². The highest BCUT2D eigenvalue weighted by atomic mass is 19.1. The van der Waals surface area contributed by atoms with E-state index in [1.165, 1.54) is 11.6 Å². The molecule has 0 aromatic heterocycles. The van der Waals surface area contributed by atoms with Crippen molar-refractivity contribution in [1.29, 1.82) is 0 Å². The molecule has 0 saturated carbocycles. The molecule has 0 radical (unpaired) electrons. The van der Waals surface area contributed by atoms with Gasteiger partial charge in [0, 0.05) is 0 Å². The summed E-state index contributed by atoms with van der Waals surface area (Å²) in [6, 6.07) is 5.02. The molecule has 0 saturated heterocycles. The van der Waals surface area contributed by atoms with Gasteiger partial charge in [-0.2, -0.15) is 0 Å². The van der Waals surface area contributed by atoms with E-state index < -0.39 is 0 Å². The normalized spacial score (nSPS) is 12.9. The Morgan fingerprint density at radius 3 is 2.71 bits per heavy atom. The number of hydrogen-bond acceptors (Lipinski definition) is 1. The van der Waals surface area contributed by atoms with E-state index in [4.69, 9.17) is 0 Å². The summed E-state index contributed by atoms with van der Waals surface area (Å²) in [5.41, 5.74) is 2.29. The first-order valence-corrected chi connectivity index (χ1v) is 5.03. The number of hydrogen-bond donors (Lipinski definition) is 1. The van der Waals surface area contributed by atoms with Crippen molar-refractivity contribution in [2.24, 2.45) is 5.92 Å². The summed E-state index contributed by atoms with van der Waals surface area (Å²) in [5.74, 6) is 0.441. The van der Waals surface area contributed by atoms with Crippen LogP contribution in [0.5, 0.6) is 0 Å². The molecule has 0 aliphatic rings. The zero-order valence-electron chi connectivity index (χ0n) is 9.10. The van der Waals surface area contributed by atoms with Crippen LogP contribution in [-0.4, -0.2) is 13.6 Å². The van der Waals surface area contributed by atoms with Crippen molar-refractivity contribution < 1.29 is 4.39 Å². The SMILES string of the molecule is CNCC(C)Cc1ccc(F)cc1C. The summed E-state index contributed by atoms with van der Waals surface area (Å²) >= 11 is 0. The van der Waals surface area contributed by atoms with Crippen LogP contribution in [0.4, 0.5) is 4.39 Å². The highest BCUT2D eigenvalue weighted by Gasteiger charge is 2.05. The van der Waals surface area contributed by atoms with E-state index >= 15 is 0 Å². The van der Waals surface area contributed by atoms with Gasteiger partial charge in [0.05, 0.1) is 0 Å². The predicted octanol–water partition coefficient (Wildman–Crippen LogP) is 2.53. The molecule has 0 amide bonds. The summed E-state index contributed by atoms with van der Waals surface area (Å²) < 4.78 is 12.8. The lowest BCUT2D eigenvalue weighted by Gasteiger charge is -2.12. The zero-order valence-corrected chi connectivity index (χ0v) is 9.10. The second-order valence-corrected chi connectivity index (χ2v) is 3.94. The van der Waals surface area contributed by atoms with Crippen molar-refractivity contribution >= 4 is 0 Å².